The van der Waals surface area contributed by atoms with Gasteiger partial charge >= 0.3 is 0 Å². The maximum Gasteiger partial charge on any atom is 0.0685 e. The van der Waals surface area contributed by atoms with E-state index in [2.05, 4.69) is 209 Å². The Bertz CT molecular complexity index is 3080. The molecule has 0 amide bonds. The van der Waals surface area contributed by atoms with E-state index in [4.69, 9.17) is 6.58 Å². The average Bonchev–Trinajstić information content (AvgIpc) is 3.87. The van der Waals surface area contributed by atoms with E-state index in [1.807, 2.05) is 18.5 Å². The number of pyridine rings is 1. The summed E-state index contributed by atoms with van der Waals surface area (Å²) in [5, 5.41) is 2.44. The smallest absolute Gasteiger partial charge is 0.0685 e. The highest BCUT2D eigenvalue weighted by Gasteiger charge is 2.50. The molecule has 0 unspecified atom stereocenters. The van der Waals surface area contributed by atoms with Crippen molar-refractivity contribution in [1.82, 2.24) is 9.55 Å². The molecule has 0 saturated carbocycles. The topological polar surface area (TPSA) is 21.1 Å². The van der Waals surface area contributed by atoms with E-state index in [1.165, 1.54) is 60.8 Å². The number of hydrogen-bond acceptors (Lipinski definition) is 2. The zero-order chi connectivity index (χ0) is 38.8. The molecule has 0 atom stereocenters. The summed E-state index contributed by atoms with van der Waals surface area (Å²) in [6, 6.07) is 65.8. The first-order valence-corrected chi connectivity index (χ1v) is 19.9. The molecule has 0 radical (unpaired) electrons. The first kappa shape index (κ1) is 33.8. The van der Waals surface area contributed by atoms with E-state index in [9.17, 15) is 0 Å². The quantitative estimate of drug-likeness (QED) is 0.152. The molecule has 0 aliphatic heterocycles. The van der Waals surface area contributed by atoms with Crippen molar-refractivity contribution in [2.24, 2.45) is 0 Å². The third-order valence-electron chi connectivity index (χ3n) is 12.3. The lowest BCUT2D eigenvalue weighted by Crippen LogP contribution is -2.26. The van der Waals surface area contributed by atoms with Gasteiger partial charge in [-0.3, -0.25) is 4.98 Å². The van der Waals surface area contributed by atoms with Gasteiger partial charge in [-0.2, -0.15) is 0 Å². The van der Waals surface area contributed by atoms with Crippen molar-refractivity contribution in [2.45, 2.75) is 12.3 Å². The molecule has 1 spiro atoms. The van der Waals surface area contributed by atoms with Gasteiger partial charge in [-0.1, -0.05) is 146 Å². The molecule has 11 rings (SSSR count). The van der Waals surface area contributed by atoms with Crippen molar-refractivity contribution < 1.29 is 0 Å². The summed E-state index contributed by atoms with van der Waals surface area (Å²) in [5.74, 6) is 0. The van der Waals surface area contributed by atoms with Crippen molar-refractivity contribution in [2.75, 3.05) is 4.90 Å². The SMILES string of the molecule is C=C(/C=C\C1=C(C)C2(c3ccccc31)c1ccccc1-c1ccccc12)N(c1ccc(-c2cccnc2)cc1)c1ccc2c3ccccc3n(-c3ccccc3)c2c1. The fourth-order valence-corrected chi connectivity index (χ4v) is 9.82. The molecule has 274 valence electrons. The Hall–Kier alpha value is -7.49. The van der Waals surface area contributed by atoms with E-state index in [1.54, 1.807) is 0 Å². The number of nitrogens with zero attached hydrogens (tertiary/aromatic N) is 3. The van der Waals surface area contributed by atoms with Gasteiger partial charge in [0.2, 0.25) is 0 Å². The molecule has 0 bridgehead atoms. The monoisotopic (exact) mass is 741 g/mol. The van der Waals surface area contributed by atoms with Crippen LogP contribution < -0.4 is 4.90 Å². The Morgan fingerprint density at radius 1 is 0.569 bits per heavy atom. The van der Waals surface area contributed by atoms with Crippen LogP contribution >= 0.6 is 0 Å². The average molecular weight is 742 g/mol. The van der Waals surface area contributed by atoms with Crippen molar-refractivity contribution in [3.8, 4) is 27.9 Å². The Balaban J connectivity index is 1.07. The Kier molecular flexibility index (Phi) is 7.77. The number of para-hydroxylation sites is 2. The number of aromatic nitrogens is 2. The third-order valence-corrected chi connectivity index (χ3v) is 12.3. The Morgan fingerprint density at radius 2 is 1.17 bits per heavy atom. The molecule has 2 aliphatic carbocycles. The molecule has 3 heteroatoms. The molecular formula is C55H39N3. The number of rotatable bonds is 7. The standard InChI is InChI=1S/C55H39N3/c1-37(26-32-44-38(2)55(50-22-10-6-18-45(44)50)51-23-11-7-19-46(51)47-20-8-12-24-52(47)55)57(42-29-27-39(28-30-42)40-15-14-34-56-36-40)43-31-33-49-48-21-9-13-25-53(48)58(54(49)35-43)41-16-4-3-5-17-41/h3-36H,1H2,2H3/b32-26-. The first-order valence-electron chi connectivity index (χ1n) is 19.9. The zero-order valence-corrected chi connectivity index (χ0v) is 32.2. The van der Waals surface area contributed by atoms with Crippen molar-refractivity contribution in [3.05, 3.63) is 247 Å². The summed E-state index contributed by atoms with van der Waals surface area (Å²) in [6.07, 6.45) is 8.22. The van der Waals surface area contributed by atoms with E-state index in [-0.39, 0.29) is 5.41 Å². The minimum Gasteiger partial charge on any atom is -0.311 e. The lowest BCUT2D eigenvalue weighted by atomic mass is 9.70. The van der Waals surface area contributed by atoms with Crippen LogP contribution in [0, 0.1) is 0 Å². The summed E-state index contributed by atoms with van der Waals surface area (Å²) in [6.45, 7) is 7.12. The molecule has 7 aromatic carbocycles. The second-order valence-electron chi connectivity index (χ2n) is 15.3. The highest BCUT2D eigenvalue weighted by Crippen LogP contribution is 2.61. The minimum atomic E-state index is -0.359. The molecule has 2 heterocycles. The van der Waals surface area contributed by atoms with Gasteiger partial charge in [-0.05, 0) is 117 Å². The maximum atomic E-state index is 4.79. The molecule has 2 aliphatic rings. The molecule has 0 N–H and O–H groups in total. The summed E-state index contributed by atoms with van der Waals surface area (Å²) in [4.78, 5) is 6.65. The van der Waals surface area contributed by atoms with Crippen LogP contribution in [0.25, 0.3) is 55.3 Å². The highest BCUT2D eigenvalue weighted by molar-refractivity contribution is 6.10. The van der Waals surface area contributed by atoms with Crippen molar-refractivity contribution in [1.29, 1.82) is 0 Å². The van der Waals surface area contributed by atoms with E-state index < -0.39 is 0 Å². The lowest BCUT2D eigenvalue weighted by Gasteiger charge is -2.31. The molecule has 0 fully saturated rings. The first-order chi connectivity index (χ1) is 28.6. The highest BCUT2D eigenvalue weighted by atomic mass is 15.1. The Labute approximate surface area is 338 Å². The zero-order valence-electron chi connectivity index (χ0n) is 32.2. The summed E-state index contributed by atoms with van der Waals surface area (Å²) in [5.41, 5.74) is 18.7. The predicted molar refractivity (Wildman–Crippen MR) is 242 cm³/mol. The van der Waals surface area contributed by atoms with Crippen LogP contribution in [0.5, 0.6) is 0 Å². The van der Waals surface area contributed by atoms with Crippen LogP contribution in [-0.2, 0) is 5.41 Å². The van der Waals surface area contributed by atoms with Gasteiger partial charge in [-0.15, -0.1) is 0 Å². The molecule has 0 saturated heterocycles. The van der Waals surface area contributed by atoms with E-state index in [0.717, 1.165) is 39.4 Å². The second kappa shape index (κ2) is 13.3. The number of allylic oxidation sites excluding steroid dienone is 4. The summed E-state index contributed by atoms with van der Waals surface area (Å²) < 4.78 is 2.37. The fourth-order valence-electron chi connectivity index (χ4n) is 9.82. The number of benzene rings is 7. The lowest BCUT2D eigenvalue weighted by molar-refractivity contribution is 0.766. The van der Waals surface area contributed by atoms with Crippen LogP contribution in [-0.4, -0.2) is 9.55 Å². The largest absolute Gasteiger partial charge is 0.311 e. The van der Waals surface area contributed by atoms with E-state index >= 15 is 0 Å². The predicted octanol–water partition coefficient (Wildman–Crippen LogP) is 13.9. The number of fused-ring (bicyclic) bond motifs is 10. The molecule has 2 aromatic heterocycles. The molecular weight excluding hydrogens is 703 g/mol. The second-order valence-corrected chi connectivity index (χ2v) is 15.3. The maximum absolute atomic E-state index is 4.79. The van der Waals surface area contributed by atoms with Gasteiger partial charge in [0.1, 0.15) is 0 Å². The van der Waals surface area contributed by atoms with Crippen LogP contribution in [0.2, 0.25) is 0 Å². The van der Waals surface area contributed by atoms with Crippen LogP contribution in [0.1, 0.15) is 29.2 Å². The van der Waals surface area contributed by atoms with Gasteiger partial charge in [-0.25, -0.2) is 0 Å². The fraction of sp³-hybridized carbons (Fsp3) is 0.0364. The number of hydrogen-bond donors (Lipinski definition) is 0. The van der Waals surface area contributed by atoms with Gasteiger partial charge in [0.05, 0.1) is 16.4 Å². The van der Waals surface area contributed by atoms with Crippen LogP contribution in [0.15, 0.2) is 224 Å². The third kappa shape index (κ3) is 4.96. The van der Waals surface area contributed by atoms with Crippen molar-refractivity contribution >= 4 is 38.8 Å². The van der Waals surface area contributed by atoms with Crippen LogP contribution in [0.3, 0.4) is 0 Å². The Morgan fingerprint density at radius 3 is 1.88 bits per heavy atom. The van der Waals surface area contributed by atoms with Gasteiger partial charge in [0, 0.05) is 45.9 Å². The minimum absolute atomic E-state index is 0.359. The van der Waals surface area contributed by atoms with Crippen LogP contribution in [0.4, 0.5) is 11.4 Å². The van der Waals surface area contributed by atoms with E-state index in [0.29, 0.717) is 0 Å². The van der Waals surface area contributed by atoms with Crippen molar-refractivity contribution in [3.63, 3.8) is 0 Å². The molecule has 9 aromatic rings. The molecule has 58 heavy (non-hydrogen) atoms. The normalized spacial score (nSPS) is 13.7. The molecule has 3 nitrogen and oxygen atoms in total. The summed E-state index contributed by atoms with van der Waals surface area (Å²) in [7, 11) is 0. The number of anilines is 2. The summed E-state index contributed by atoms with van der Waals surface area (Å²) >= 11 is 0. The van der Waals surface area contributed by atoms with Gasteiger partial charge in [0.15, 0.2) is 0 Å². The van der Waals surface area contributed by atoms with Gasteiger partial charge in [0.25, 0.3) is 0 Å². The van der Waals surface area contributed by atoms with Gasteiger partial charge < -0.3 is 9.47 Å².